The first-order valence-electron chi connectivity index (χ1n) is 8.16. The number of nitrogens with zero attached hydrogens (tertiary/aromatic N) is 5. The molecule has 0 saturated carbocycles. The molecule has 2 aromatic heterocycles. The summed E-state index contributed by atoms with van der Waals surface area (Å²) in [4.78, 5) is 10.1. The molecule has 0 aliphatic heterocycles. The van der Waals surface area contributed by atoms with Crippen molar-refractivity contribution in [2.24, 2.45) is 0 Å². The fourth-order valence-electron chi connectivity index (χ4n) is 2.38. The molecule has 0 aliphatic rings. The van der Waals surface area contributed by atoms with Crippen LogP contribution in [0, 0.1) is 0 Å². The molecule has 0 unspecified atom stereocenters. The van der Waals surface area contributed by atoms with Gasteiger partial charge in [0.15, 0.2) is 5.82 Å². The molecular weight excluding hydrogens is 357 g/mol. The molecule has 1 N–H and O–H groups in total. The molecule has 0 fully saturated rings. The first-order valence-corrected chi connectivity index (χ1v) is 8.16. The summed E-state index contributed by atoms with van der Waals surface area (Å²) in [6.07, 6.45) is 1.19. The molecule has 0 radical (unpaired) electrons. The SMILES string of the molecule is CN(CCc1ccncc1)c1nncc(Nc2cccc(C(F)(F)F)c2)n1. The summed E-state index contributed by atoms with van der Waals surface area (Å²) in [7, 11) is 1.83. The lowest BCUT2D eigenvalue weighted by Gasteiger charge is -2.17. The lowest BCUT2D eigenvalue weighted by Crippen LogP contribution is -2.23. The first-order chi connectivity index (χ1) is 12.9. The van der Waals surface area contributed by atoms with E-state index in [9.17, 15) is 13.2 Å². The number of hydrogen-bond donors (Lipinski definition) is 1. The highest BCUT2D eigenvalue weighted by atomic mass is 19.4. The van der Waals surface area contributed by atoms with Crippen molar-refractivity contribution in [3.05, 3.63) is 66.1 Å². The van der Waals surface area contributed by atoms with Gasteiger partial charge in [0.25, 0.3) is 0 Å². The minimum atomic E-state index is -4.40. The van der Waals surface area contributed by atoms with Gasteiger partial charge in [0, 0.05) is 31.7 Å². The van der Waals surface area contributed by atoms with Crippen LogP contribution in [0.15, 0.2) is 55.0 Å². The second-order valence-corrected chi connectivity index (χ2v) is 5.87. The molecule has 3 aromatic rings. The van der Waals surface area contributed by atoms with Gasteiger partial charge in [0.05, 0.1) is 11.8 Å². The summed E-state index contributed by atoms with van der Waals surface area (Å²) in [5.41, 5.74) is 0.669. The van der Waals surface area contributed by atoms with Crippen molar-refractivity contribution in [3.63, 3.8) is 0 Å². The molecule has 0 saturated heterocycles. The number of nitrogens with one attached hydrogen (secondary N) is 1. The number of benzene rings is 1. The standard InChI is InChI=1S/C18H17F3N6/c1-27(10-7-13-5-8-22-9-6-13)17-25-16(12-23-26-17)24-15-4-2-3-14(11-15)18(19,20)21/h2-6,8-9,11-12H,7,10H2,1H3,(H,24,25,26). The van der Waals surface area contributed by atoms with Crippen molar-refractivity contribution in [1.29, 1.82) is 0 Å². The van der Waals surface area contributed by atoms with E-state index < -0.39 is 11.7 Å². The second-order valence-electron chi connectivity index (χ2n) is 5.87. The van der Waals surface area contributed by atoms with E-state index in [1.54, 1.807) is 12.4 Å². The Morgan fingerprint density at radius 1 is 1.11 bits per heavy atom. The highest BCUT2D eigenvalue weighted by molar-refractivity contribution is 5.57. The van der Waals surface area contributed by atoms with Gasteiger partial charge in [-0.1, -0.05) is 6.07 Å². The Morgan fingerprint density at radius 2 is 1.89 bits per heavy atom. The van der Waals surface area contributed by atoms with Crippen LogP contribution in [0.25, 0.3) is 0 Å². The number of anilines is 3. The monoisotopic (exact) mass is 374 g/mol. The van der Waals surface area contributed by atoms with Gasteiger partial charge in [-0.2, -0.15) is 23.3 Å². The van der Waals surface area contributed by atoms with E-state index in [1.165, 1.54) is 18.3 Å². The topological polar surface area (TPSA) is 66.8 Å². The molecule has 6 nitrogen and oxygen atoms in total. The maximum atomic E-state index is 12.8. The Morgan fingerprint density at radius 3 is 2.63 bits per heavy atom. The predicted octanol–water partition coefficient (Wildman–Crippen LogP) is 3.71. The van der Waals surface area contributed by atoms with E-state index in [1.807, 2.05) is 24.1 Å². The molecule has 0 spiro atoms. The molecule has 0 atom stereocenters. The molecule has 3 rings (SSSR count). The molecule has 0 amide bonds. The predicted molar refractivity (Wildman–Crippen MR) is 95.8 cm³/mol. The smallest absolute Gasteiger partial charge is 0.342 e. The highest BCUT2D eigenvalue weighted by Crippen LogP contribution is 2.31. The Kier molecular flexibility index (Phi) is 5.49. The molecule has 1 aromatic carbocycles. The van der Waals surface area contributed by atoms with Gasteiger partial charge in [-0.3, -0.25) is 4.98 Å². The quantitative estimate of drug-likeness (QED) is 0.710. The van der Waals surface area contributed by atoms with Gasteiger partial charge in [0.1, 0.15) is 0 Å². The van der Waals surface area contributed by atoms with Crippen LogP contribution < -0.4 is 10.2 Å². The van der Waals surface area contributed by atoms with E-state index >= 15 is 0 Å². The van der Waals surface area contributed by atoms with E-state index in [0.29, 0.717) is 18.3 Å². The van der Waals surface area contributed by atoms with Crippen molar-refractivity contribution in [3.8, 4) is 0 Å². The second kappa shape index (κ2) is 7.98. The van der Waals surface area contributed by atoms with Gasteiger partial charge in [-0.05, 0) is 42.3 Å². The van der Waals surface area contributed by atoms with Crippen molar-refractivity contribution in [2.75, 3.05) is 23.8 Å². The summed E-state index contributed by atoms with van der Waals surface area (Å²) in [6, 6.07) is 8.76. The summed E-state index contributed by atoms with van der Waals surface area (Å²) >= 11 is 0. The molecule has 9 heteroatoms. The third kappa shape index (κ3) is 5.13. The fraction of sp³-hybridized carbons (Fsp3) is 0.222. The molecule has 2 heterocycles. The van der Waals surface area contributed by atoms with Crippen LogP contribution in [0.2, 0.25) is 0 Å². The Hall–Kier alpha value is -3.23. The fourth-order valence-corrected chi connectivity index (χ4v) is 2.38. The minimum Gasteiger partial charge on any atom is -0.342 e. The lowest BCUT2D eigenvalue weighted by atomic mass is 10.2. The average Bonchev–Trinajstić information content (AvgIpc) is 2.67. The third-order valence-corrected chi connectivity index (χ3v) is 3.84. The average molecular weight is 374 g/mol. The third-order valence-electron chi connectivity index (χ3n) is 3.84. The molecule has 0 bridgehead atoms. The zero-order chi connectivity index (χ0) is 19.3. The largest absolute Gasteiger partial charge is 0.416 e. The lowest BCUT2D eigenvalue weighted by molar-refractivity contribution is -0.137. The Bertz CT molecular complexity index is 886. The van der Waals surface area contributed by atoms with Crippen molar-refractivity contribution in [1.82, 2.24) is 20.2 Å². The highest BCUT2D eigenvalue weighted by Gasteiger charge is 2.30. The van der Waals surface area contributed by atoms with Crippen molar-refractivity contribution < 1.29 is 13.2 Å². The summed E-state index contributed by atoms with van der Waals surface area (Å²) in [5.74, 6) is 0.691. The maximum Gasteiger partial charge on any atom is 0.416 e. The number of aromatic nitrogens is 4. The van der Waals surface area contributed by atoms with E-state index in [2.05, 4.69) is 25.5 Å². The molecule has 140 valence electrons. The number of alkyl halides is 3. The van der Waals surface area contributed by atoms with Crippen LogP contribution in [0.3, 0.4) is 0 Å². The zero-order valence-electron chi connectivity index (χ0n) is 14.5. The van der Waals surface area contributed by atoms with Crippen molar-refractivity contribution in [2.45, 2.75) is 12.6 Å². The van der Waals surface area contributed by atoms with Gasteiger partial charge in [-0.15, -0.1) is 5.10 Å². The van der Waals surface area contributed by atoms with Crippen molar-refractivity contribution >= 4 is 17.5 Å². The van der Waals surface area contributed by atoms with E-state index in [0.717, 1.165) is 24.1 Å². The Labute approximate surface area is 154 Å². The molecule has 0 aliphatic carbocycles. The molecule has 27 heavy (non-hydrogen) atoms. The van der Waals surface area contributed by atoms with Crippen LogP contribution in [0.5, 0.6) is 0 Å². The van der Waals surface area contributed by atoms with Gasteiger partial charge in [-0.25, -0.2) is 0 Å². The molecular formula is C18H17F3N6. The number of hydrogen-bond acceptors (Lipinski definition) is 6. The maximum absolute atomic E-state index is 12.8. The summed E-state index contributed by atoms with van der Waals surface area (Å²) < 4.78 is 38.5. The number of likely N-dealkylation sites (N-methyl/N-ethyl adjacent to an activating group) is 1. The van der Waals surface area contributed by atoms with Crippen LogP contribution in [-0.2, 0) is 12.6 Å². The van der Waals surface area contributed by atoms with Crippen LogP contribution in [-0.4, -0.2) is 33.8 Å². The number of pyridine rings is 1. The van der Waals surface area contributed by atoms with Crippen LogP contribution in [0.4, 0.5) is 30.6 Å². The number of rotatable bonds is 6. The summed E-state index contributed by atoms with van der Waals surface area (Å²) in [6.45, 7) is 0.651. The van der Waals surface area contributed by atoms with Crippen LogP contribution >= 0.6 is 0 Å². The van der Waals surface area contributed by atoms with E-state index in [4.69, 9.17) is 0 Å². The zero-order valence-corrected chi connectivity index (χ0v) is 14.5. The number of halogens is 3. The van der Waals surface area contributed by atoms with Crippen LogP contribution in [0.1, 0.15) is 11.1 Å². The first kappa shape index (κ1) is 18.6. The van der Waals surface area contributed by atoms with Gasteiger partial charge in [0.2, 0.25) is 5.95 Å². The normalized spacial score (nSPS) is 11.3. The van der Waals surface area contributed by atoms with Gasteiger partial charge >= 0.3 is 6.18 Å². The summed E-state index contributed by atoms with van der Waals surface area (Å²) in [5, 5.41) is 10.7. The van der Waals surface area contributed by atoms with Gasteiger partial charge < -0.3 is 10.2 Å². The minimum absolute atomic E-state index is 0.274. The Balaban J connectivity index is 1.68. The van der Waals surface area contributed by atoms with E-state index in [-0.39, 0.29) is 5.69 Å².